The first-order valence-electron chi connectivity index (χ1n) is 8.48. The van der Waals surface area contributed by atoms with Crippen LogP contribution in [0.15, 0.2) is 47.0 Å². The first-order valence-corrected chi connectivity index (χ1v) is 8.48. The molecule has 1 heterocycles. The second kappa shape index (κ2) is 8.38. The number of ether oxygens (including phenoxy) is 2. The highest BCUT2D eigenvalue weighted by Crippen LogP contribution is 2.31. The Morgan fingerprint density at radius 2 is 1.83 bits per heavy atom. The van der Waals surface area contributed by atoms with Crippen molar-refractivity contribution in [3.05, 3.63) is 64.0 Å². The van der Waals surface area contributed by atoms with E-state index in [-0.39, 0.29) is 24.0 Å². The highest BCUT2D eigenvalue weighted by Gasteiger charge is 2.18. The molecule has 0 aliphatic carbocycles. The van der Waals surface area contributed by atoms with Crippen LogP contribution in [0.2, 0.25) is 0 Å². The normalized spacial score (nSPS) is 10.4. The summed E-state index contributed by atoms with van der Waals surface area (Å²) in [6.45, 7) is 0.0795. The number of non-ortho nitro benzene ring substituents is 1. The molecular weight excluding hydrogens is 380 g/mol. The number of methoxy groups -OCH3 is 2. The molecule has 10 nitrogen and oxygen atoms in total. The summed E-state index contributed by atoms with van der Waals surface area (Å²) in [6, 6.07) is 10.6. The summed E-state index contributed by atoms with van der Waals surface area (Å²) < 4.78 is 15.7. The number of benzene rings is 2. The van der Waals surface area contributed by atoms with Crippen LogP contribution in [0.4, 0.5) is 5.69 Å². The fourth-order valence-corrected chi connectivity index (χ4v) is 2.63. The van der Waals surface area contributed by atoms with E-state index in [0.29, 0.717) is 28.5 Å². The predicted octanol–water partition coefficient (Wildman–Crippen LogP) is 2.93. The molecule has 1 amide bonds. The van der Waals surface area contributed by atoms with Gasteiger partial charge in [-0.1, -0.05) is 5.16 Å². The number of amides is 1. The van der Waals surface area contributed by atoms with Crippen molar-refractivity contribution in [1.82, 2.24) is 15.0 Å². The molecule has 3 rings (SSSR count). The zero-order valence-corrected chi connectivity index (χ0v) is 16.0. The van der Waals surface area contributed by atoms with Crippen molar-refractivity contribution in [3.8, 4) is 22.9 Å². The third-order valence-electron chi connectivity index (χ3n) is 4.15. The number of nitrogens with zero attached hydrogens (tertiary/aromatic N) is 4. The molecule has 0 N–H and O–H groups in total. The molecule has 0 atom stereocenters. The Morgan fingerprint density at radius 1 is 1.14 bits per heavy atom. The number of hydrogen-bond donors (Lipinski definition) is 0. The van der Waals surface area contributed by atoms with Gasteiger partial charge in [-0.3, -0.25) is 14.9 Å². The van der Waals surface area contributed by atoms with E-state index in [1.54, 1.807) is 32.4 Å². The lowest BCUT2D eigenvalue weighted by Crippen LogP contribution is -2.26. The van der Waals surface area contributed by atoms with Crippen molar-refractivity contribution in [2.45, 2.75) is 6.54 Å². The van der Waals surface area contributed by atoms with E-state index in [2.05, 4.69) is 10.1 Å². The van der Waals surface area contributed by atoms with E-state index >= 15 is 0 Å². The molecule has 0 saturated carbocycles. The second-order valence-corrected chi connectivity index (χ2v) is 6.05. The Morgan fingerprint density at radius 3 is 2.45 bits per heavy atom. The molecule has 1 aromatic heterocycles. The summed E-state index contributed by atoms with van der Waals surface area (Å²) in [7, 11) is 4.65. The number of nitro groups is 1. The molecule has 0 spiro atoms. The maximum Gasteiger partial charge on any atom is 0.269 e. The van der Waals surface area contributed by atoms with Crippen LogP contribution in [0.1, 0.15) is 16.2 Å². The Kier molecular flexibility index (Phi) is 5.72. The van der Waals surface area contributed by atoms with Gasteiger partial charge in [-0.25, -0.2) is 0 Å². The SMILES string of the molecule is COc1ccc(-c2noc(CN(C)C(=O)c3ccc([N+](=O)[O-])cc3)n2)cc1OC. The average molecular weight is 398 g/mol. The van der Waals surface area contributed by atoms with Crippen molar-refractivity contribution in [2.24, 2.45) is 0 Å². The Labute approximate surface area is 165 Å². The topological polar surface area (TPSA) is 121 Å². The fraction of sp³-hybridized carbons (Fsp3) is 0.211. The van der Waals surface area contributed by atoms with Crippen LogP contribution in [-0.4, -0.2) is 47.1 Å². The minimum atomic E-state index is -0.522. The lowest BCUT2D eigenvalue weighted by molar-refractivity contribution is -0.384. The summed E-state index contributed by atoms with van der Waals surface area (Å²) in [6.07, 6.45) is 0. The minimum Gasteiger partial charge on any atom is -0.493 e. The summed E-state index contributed by atoms with van der Waals surface area (Å²) in [5.41, 5.74) is 0.903. The van der Waals surface area contributed by atoms with Crippen LogP contribution in [0.25, 0.3) is 11.4 Å². The maximum absolute atomic E-state index is 12.5. The van der Waals surface area contributed by atoms with Gasteiger partial charge < -0.3 is 18.9 Å². The van der Waals surface area contributed by atoms with Gasteiger partial charge in [-0.15, -0.1) is 0 Å². The summed E-state index contributed by atoms with van der Waals surface area (Å²) in [5.74, 6) is 1.37. The second-order valence-electron chi connectivity index (χ2n) is 6.05. The molecule has 0 bridgehead atoms. The smallest absolute Gasteiger partial charge is 0.269 e. The number of nitro benzene ring substituents is 1. The molecule has 0 radical (unpaired) electrons. The first kappa shape index (κ1) is 19.8. The van der Waals surface area contributed by atoms with Gasteiger partial charge in [-0.05, 0) is 30.3 Å². The quantitative estimate of drug-likeness (QED) is 0.440. The number of hydrogen-bond acceptors (Lipinski definition) is 8. The molecule has 2 aromatic carbocycles. The van der Waals surface area contributed by atoms with E-state index in [0.717, 1.165) is 0 Å². The Bertz CT molecular complexity index is 1030. The number of carbonyl (C=O) groups excluding carboxylic acids is 1. The van der Waals surface area contributed by atoms with Gasteiger partial charge in [0.1, 0.15) is 0 Å². The molecule has 0 fully saturated rings. The van der Waals surface area contributed by atoms with Crippen molar-refractivity contribution in [2.75, 3.05) is 21.3 Å². The van der Waals surface area contributed by atoms with Crippen LogP contribution in [0.5, 0.6) is 11.5 Å². The predicted molar refractivity (Wildman–Crippen MR) is 102 cm³/mol. The molecule has 3 aromatic rings. The van der Waals surface area contributed by atoms with Crippen LogP contribution in [-0.2, 0) is 6.54 Å². The van der Waals surface area contributed by atoms with Gasteiger partial charge >= 0.3 is 0 Å². The molecule has 0 aliphatic rings. The van der Waals surface area contributed by atoms with Gasteiger partial charge in [0.2, 0.25) is 11.7 Å². The Balaban J connectivity index is 1.72. The number of aromatic nitrogens is 2. The lowest BCUT2D eigenvalue weighted by Gasteiger charge is -2.14. The van der Waals surface area contributed by atoms with Crippen molar-refractivity contribution < 1.29 is 23.7 Å². The zero-order chi connectivity index (χ0) is 21.0. The minimum absolute atomic E-state index is 0.0795. The number of carbonyl (C=O) groups is 1. The summed E-state index contributed by atoms with van der Waals surface area (Å²) in [5, 5.41) is 14.7. The van der Waals surface area contributed by atoms with Crippen LogP contribution in [0, 0.1) is 10.1 Å². The molecule has 0 unspecified atom stereocenters. The summed E-state index contributed by atoms with van der Waals surface area (Å²) >= 11 is 0. The van der Waals surface area contributed by atoms with Crippen molar-refractivity contribution in [3.63, 3.8) is 0 Å². The highest BCUT2D eigenvalue weighted by molar-refractivity contribution is 5.94. The van der Waals surface area contributed by atoms with Gasteiger partial charge in [0.15, 0.2) is 11.5 Å². The van der Waals surface area contributed by atoms with Crippen molar-refractivity contribution >= 4 is 11.6 Å². The van der Waals surface area contributed by atoms with E-state index in [4.69, 9.17) is 14.0 Å². The molecule has 150 valence electrons. The van der Waals surface area contributed by atoms with Gasteiger partial charge in [-0.2, -0.15) is 4.98 Å². The summed E-state index contributed by atoms with van der Waals surface area (Å²) in [4.78, 5) is 28.4. The van der Waals surface area contributed by atoms with E-state index in [1.807, 2.05) is 0 Å². The number of rotatable bonds is 7. The molecule has 0 aliphatic heterocycles. The molecular formula is C19H18N4O6. The van der Waals surface area contributed by atoms with Crippen LogP contribution >= 0.6 is 0 Å². The Hall–Kier alpha value is -3.95. The third-order valence-corrected chi connectivity index (χ3v) is 4.15. The van der Waals surface area contributed by atoms with Gasteiger partial charge in [0.05, 0.1) is 25.7 Å². The van der Waals surface area contributed by atoms with Crippen LogP contribution in [0.3, 0.4) is 0 Å². The zero-order valence-electron chi connectivity index (χ0n) is 16.0. The monoisotopic (exact) mass is 398 g/mol. The fourth-order valence-electron chi connectivity index (χ4n) is 2.63. The largest absolute Gasteiger partial charge is 0.493 e. The van der Waals surface area contributed by atoms with E-state index in [9.17, 15) is 14.9 Å². The van der Waals surface area contributed by atoms with E-state index < -0.39 is 4.92 Å². The average Bonchev–Trinajstić information content (AvgIpc) is 3.21. The standard InChI is InChI=1S/C19H18N4O6/c1-22(19(24)12-4-7-14(8-5-12)23(25)26)11-17-20-18(21-29-17)13-6-9-15(27-2)16(10-13)28-3/h4-10H,11H2,1-3H3. The highest BCUT2D eigenvalue weighted by atomic mass is 16.6. The van der Waals surface area contributed by atoms with E-state index in [1.165, 1.54) is 36.3 Å². The maximum atomic E-state index is 12.5. The molecule has 0 saturated heterocycles. The third kappa shape index (κ3) is 4.32. The van der Waals surface area contributed by atoms with Crippen molar-refractivity contribution in [1.29, 1.82) is 0 Å². The van der Waals surface area contributed by atoms with Gasteiger partial charge in [0.25, 0.3) is 11.6 Å². The first-order chi connectivity index (χ1) is 13.9. The van der Waals surface area contributed by atoms with Crippen LogP contribution < -0.4 is 9.47 Å². The molecule has 10 heteroatoms. The molecule has 29 heavy (non-hydrogen) atoms. The lowest BCUT2D eigenvalue weighted by atomic mass is 10.2. The van der Waals surface area contributed by atoms with Gasteiger partial charge in [0, 0.05) is 30.3 Å².